The molecule has 154 valence electrons. The minimum atomic E-state index is -0.0623. The van der Waals surface area contributed by atoms with Crippen molar-refractivity contribution in [2.24, 2.45) is 0 Å². The summed E-state index contributed by atoms with van der Waals surface area (Å²) < 4.78 is 0. The van der Waals surface area contributed by atoms with Crippen LogP contribution in [0.15, 0.2) is 109 Å². The Labute approximate surface area is 186 Å². The van der Waals surface area contributed by atoms with E-state index in [1.54, 1.807) is 0 Å². The van der Waals surface area contributed by atoms with Crippen molar-refractivity contribution in [1.82, 2.24) is 9.97 Å². The van der Waals surface area contributed by atoms with Crippen LogP contribution in [0.3, 0.4) is 0 Å². The average molecular weight is 415 g/mol. The quantitative estimate of drug-likeness (QED) is 0.375. The molecule has 0 bridgehead atoms. The van der Waals surface area contributed by atoms with Gasteiger partial charge in [-0.2, -0.15) is 0 Å². The lowest BCUT2D eigenvalue weighted by Gasteiger charge is -2.12. The smallest absolute Gasteiger partial charge is 0.228 e. The van der Waals surface area contributed by atoms with Crippen LogP contribution in [0.4, 0.5) is 5.69 Å². The van der Waals surface area contributed by atoms with Gasteiger partial charge in [0.2, 0.25) is 5.91 Å². The maximum Gasteiger partial charge on any atom is 0.228 e. The topological polar surface area (TPSA) is 54.9 Å². The molecule has 4 nitrogen and oxygen atoms in total. The van der Waals surface area contributed by atoms with E-state index in [-0.39, 0.29) is 5.91 Å². The Kier molecular flexibility index (Phi) is 5.41. The maximum absolute atomic E-state index is 12.5. The van der Waals surface area contributed by atoms with Crippen molar-refractivity contribution in [3.63, 3.8) is 0 Å². The molecule has 1 heterocycles. The summed E-state index contributed by atoms with van der Waals surface area (Å²) in [5, 5.41) is 2.98. The zero-order valence-electron chi connectivity index (χ0n) is 17.4. The fourth-order valence-electron chi connectivity index (χ4n) is 3.71. The normalized spacial score (nSPS) is 10.8. The van der Waals surface area contributed by atoms with Gasteiger partial charge in [0.15, 0.2) is 0 Å². The Morgan fingerprint density at radius 1 is 0.625 bits per heavy atom. The summed E-state index contributed by atoms with van der Waals surface area (Å²) >= 11 is 0. The minimum absolute atomic E-state index is 0.0623. The molecule has 0 saturated carbocycles. The Morgan fingerprint density at radius 3 is 1.75 bits per heavy atom. The van der Waals surface area contributed by atoms with Crippen LogP contribution >= 0.6 is 0 Å². The van der Waals surface area contributed by atoms with Crippen molar-refractivity contribution in [2.45, 2.75) is 6.42 Å². The van der Waals surface area contributed by atoms with Gasteiger partial charge in [-0.3, -0.25) is 4.79 Å². The molecule has 4 heteroatoms. The van der Waals surface area contributed by atoms with Gasteiger partial charge in [0.05, 0.1) is 28.8 Å². The highest BCUT2D eigenvalue weighted by molar-refractivity contribution is 5.95. The summed E-state index contributed by atoms with van der Waals surface area (Å²) in [5.74, 6) is -0.0623. The van der Waals surface area contributed by atoms with Crippen LogP contribution in [0.2, 0.25) is 0 Å². The van der Waals surface area contributed by atoms with E-state index in [9.17, 15) is 4.79 Å². The molecule has 0 aliphatic rings. The summed E-state index contributed by atoms with van der Waals surface area (Å²) in [4.78, 5) is 22.4. The number of rotatable bonds is 5. The lowest BCUT2D eigenvalue weighted by molar-refractivity contribution is -0.115. The highest BCUT2D eigenvalue weighted by Gasteiger charge is 2.14. The molecule has 0 radical (unpaired) electrons. The van der Waals surface area contributed by atoms with Crippen LogP contribution in [0, 0.1) is 0 Å². The zero-order valence-corrected chi connectivity index (χ0v) is 17.4. The zero-order chi connectivity index (χ0) is 21.8. The highest BCUT2D eigenvalue weighted by atomic mass is 16.1. The number of amides is 1. The average Bonchev–Trinajstić information content (AvgIpc) is 2.85. The first-order valence-electron chi connectivity index (χ1n) is 10.5. The lowest BCUT2D eigenvalue weighted by Crippen LogP contribution is -2.14. The number of benzene rings is 4. The largest absolute Gasteiger partial charge is 0.326 e. The van der Waals surface area contributed by atoms with Gasteiger partial charge in [-0.1, -0.05) is 91.0 Å². The second-order valence-corrected chi connectivity index (χ2v) is 7.57. The van der Waals surface area contributed by atoms with E-state index >= 15 is 0 Å². The van der Waals surface area contributed by atoms with Crippen molar-refractivity contribution in [1.29, 1.82) is 0 Å². The third-order valence-electron chi connectivity index (χ3n) is 5.25. The maximum atomic E-state index is 12.5. The van der Waals surface area contributed by atoms with Crippen LogP contribution in [-0.4, -0.2) is 15.9 Å². The van der Waals surface area contributed by atoms with Gasteiger partial charge in [0, 0.05) is 16.8 Å². The van der Waals surface area contributed by atoms with E-state index in [0.717, 1.165) is 39.1 Å². The summed E-state index contributed by atoms with van der Waals surface area (Å²) in [6.07, 6.45) is 0.326. The number of carbonyl (C=O) groups is 1. The molecule has 0 saturated heterocycles. The molecular weight excluding hydrogens is 394 g/mol. The van der Waals surface area contributed by atoms with Crippen LogP contribution < -0.4 is 5.32 Å². The number of nitrogens with one attached hydrogen (secondary N) is 1. The van der Waals surface area contributed by atoms with Crippen LogP contribution in [0.25, 0.3) is 33.5 Å². The van der Waals surface area contributed by atoms with Crippen molar-refractivity contribution in [3.8, 4) is 22.5 Å². The molecule has 5 rings (SSSR count). The Morgan fingerprint density at radius 2 is 1.16 bits per heavy atom. The molecule has 1 aromatic heterocycles. The Bertz CT molecular complexity index is 1370. The van der Waals surface area contributed by atoms with E-state index in [2.05, 4.69) is 5.32 Å². The molecule has 0 fully saturated rings. The van der Waals surface area contributed by atoms with Gasteiger partial charge >= 0.3 is 0 Å². The molecule has 0 spiro atoms. The molecule has 0 aliphatic heterocycles. The van der Waals surface area contributed by atoms with E-state index < -0.39 is 0 Å². The van der Waals surface area contributed by atoms with Crippen LogP contribution in [0.5, 0.6) is 0 Å². The Hall–Kier alpha value is -4.31. The molecule has 5 aromatic rings. The SMILES string of the molecule is O=C(Cc1ccccc1)Nc1ccc2nc(-c3ccccc3)c(-c3ccccc3)nc2c1. The molecule has 4 aromatic carbocycles. The molecule has 0 unspecified atom stereocenters. The number of fused-ring (bicyclic) bond motifs is 1. The number of anilines is 1. The fourth-order valence-corrected chi connectivity index (χ4v) is 3.71. The third-order valence-corrected chi connectivity index (χ3v) is 5.25. The molecule has 0 atom stereocenters. The minimum Gasteiger partial charge on any atom is -0.326 e. The summed E-state index contributed by atoms with van der Waals surface area (Å²) in [6.45, 7) is 0. The number of nitrogens with zero attached hydrogens (tertiary/aromatic N) is 2. The van der Waals surface area contributed by atoms with Gasteiger partial charge in [0.1, 0.15) is 0 Å². The second kappa shape index (κ2) is 8.82. The number of hydrogen-bond donors (Lipinski definition) is 1. The van der Waals surface area contributed by atoms with Crippen molar-refractivity contribution in [3.05, 3.63) is 115 Å². The summed E-state index contributed by atoms with van der Waals surface area (Å²) in [5.41, 5.74) is 6.87. The van der Waals surface area contributed by atoms with E-state index in [4.69, 9.17) is 9.97 Å². The first-order valence-corrected chi connectivity index (χ1v) is 10.5. The fraction of sp³-hybridized carbons (Fsp3) is 0.0357. The van der Waals surface area contributed by atoms with Crippen molar-refractivity contribution >= 4 is 22.6 Å². The number of carbonyl (C=O) groups excluding carboxylic acids is 1. The van der Waals surface area contributed by atoms with Crippen molar-refractivity contribution < 1.29 is 4.79 Å². The standard InChI is InChI=1S/C28H21N3O/c32-26(18-20-10-4-1-5-11-20)29-23-16-17-24-25(19-23)31-28(22-14-8-3-9-15-22)27(30-24)21-12-6-2-7-13-21/h1-17,19H,18H2,(H,29,32). The third kappa shape index (κ3) is 4.25. The number of hydrogen-bond acceptors (Lipinski definition) is 3. The van der Waals surface area contributed by atoms with Crippen LogP contribution in [-0.2, 0) is 11.2 Å². The molecular formula is C28H21N3O. The van der Waals surface area contributed by atoms with E-state index in [1.807, 2.05) is 109 Å². The van der Waals surface area contributed by atoms with E-state index in [1.165, 1.54) is 0 Å². The monoisotopic (exact) mass is 415 g/mol. The molecule has 1 amide bonds. The summed E-state index contributed by atoms with van der Waals surface area (Å²) in [7, 11) is 0. The molecule has 1 N–H and O–H groups in total. The predicted octanol–water partition coefficient (Wildman–Crippen LogP) is 6.15. The first kappa shape index (κ1) is 19.6. The lowest BCUT2D eigenvalue weighted by atomic mass is 10.0. The predicted molar refractivity (Wildman–Crippen MR) is 129 cm³/mol. The van der Waals surface area contributed by atoms with Gasteiger partial charge in [-0.15, -0.1) is 0 Å². The van der Waals surface area contributed by atoms with Crippen molar-refractivity contribution in [2.75, 3.05) is 5.32 Å². The van der Waals surface area contributed by atoms with Gasteiger partial charge in [-0.05, 0) is 23.8 Å². The van der Waals surface area contributed by atoms with Gasteiger partial charge in [-0.25, -0.2) is 9.97 Å². The van der Waals surface area contributed by atoms with Crippen LogP contribution in [0.1, 0.15) is 5.56 Å². The Balaban J connectivity index is 1.52. The molecule has 32 heavy (non-hydrogen) atoms. The van der Waals surface area contributed by atoms with Gasteiger partial charge < -0.3 is 5.32 Å². The van der Waals surface area contributed by atoms with Gasteiger partial charge in [0.25, 0.3) is 0 Å². The first-order chi connectivity index (χ1) is 15.8. The highest BCUT2D eigenvalue weighted by Crippen LogP contribution is 2.31. The summed E-state index contributed by atoms with van der Waals surface area (Å²) in [6, 6.07) is 35.5. The van der Waals surface area contributed by atoms with E-state index in [0.29, 0.717) is 12.1 Å². The second-order valence-electron chi connectivity index (χ2n) is 7.57. The molecule has 0 aliphatic carbocycles. The number of aromatic nitrogens is 2.